The van der Waals surface area contributed by atoms with Crippen molar-refractivity contribution in [3.63, 3.8) is 0 Å². The standard InChI is InChI=1S/C16H21N3OS/c1-3-7-18-15-6-8-17-11-14(15)16(20)19-12(2)10-13-5-4-9-21-13/h4-6,8-9,11-12H,3,7,10H2,1-2H3,(H,17,18)(H,19,20). The molecule has 0 aliphatic rings. The van der Waals surface area contributed by atoms with E-state index in [0.717, 1.165) is 25.1 Å². The van der Waals surface area contributed by atoms with Crippen molar-refractivity contribution in [2.24, 2.45) is 0 Å². The van der Waals surface area contributed by atoms with Gasteiger partial charge in [-0.15, -0.1) is 11.3 Å². The maximum atomic E-state index is 12.4. The molecule has 2 rings (SSSR count). The van der Waals surface area contributed by atoms with Gasteiger partial charge in [0.05, 0.1) is 11.3 Å². The van der Waals surface area contributed by atoms with Crippen molar-refractivity contribution in [3.8, 4) is 0 Å². The van der Waals surface area contributed by atoms with Gasteiger partial charge in [0.15, 0.2) is 0 Å². The molecule has 0 radical (unpaired) electrons. The van der Waals surface area contributed by atoms with E-state index in [-0.39, 0.29) is 11.9 Å². The summed E-state index contributed by atoms with van der Waals surface area (Å²) in [5, 5.41) is 8.36. The Hall–Kier alpha value is -1.88. The third kappa shape index (κ3) is 4.56. The average molecular weight is 303 g/mol. The average Bonchev–Trinajstić information content (AvgIpc) is 2.98. The van der Waals surface area contributed by atoms with Crippen molar-refractivity contribution < 1.29 is 4.79 Å². The van der Waals surface area contributed by atoms with Gasteiger partial charge in [0.2, 0.25) is 0 Å². The van der Waals surface area contributed by atoms with Gasteiger partial charge in [-0.2, -0.15) is 0 Å². The molecule has 2 N–H and O–H groups in total. The van der Waals surface area contributed by atoms with Crippen molar-refractivity contribution >= 4 is 22.9 Å². The second-order valence-corrected chi connectivity index (χ2v) is 6.04. The number of rotatable bonds is 7. The van der Waals surface area contributed by atoms with Crippen LogP contribution in [0.1, 0.15) is 35.5 Å². The molecule has 0 aliphatic heterocycles. The Morgan fingerprint density at radius 3 is 3.00 bits per heavy atom. The second-order valence-electron chi connectivity index (χ2n) is 5.01. The van der Waals surface area contributed by atoms with Crippen LogP contribution in [0.4, 0.5) is 5.69 Å². The predicted molar refractivity (Wildman–Crippen MR) is 88.0 cm³/mol. The van der Waals surface area contributed by atoms with Gasteiger partial charge >= 0.3 is 0 Å². The summed E-state index contributed by atoms with van der Waals surface area (Å²) in [6, 6.07) is 6.05. The summed E-state index contributed by atoms with van der Waals surface area (Å²) in [4.78, 5) is 17.7. The Bertz CT molecular complexity index is 569. The summed E-state index contributed by atoms with van der Waals surface area (Å²) in [5.74, 6) is -0.0780. The second kappa shape index (κ2) is 7.78. The van der Waals surface area contributed by atoms with Gasteiger partial charge in [-0.05, 0) is 30.9 Å². The van der Waals surface area contributed by atoms with Gasteiger partial charge in [-0.25, -0.2) is 0 Å². The minimum atomic E-state index is -0.0780. The quantitative estimate of drug-likeness (QED) is 0.825. The van der Waals surface area contributed by atoms with E-state index < -0.39 is 0 Å². The van der Waals surface area contributed by atoms with Crippen LogP contribution in [-0.2, 0) is 6.42 Å². The van der Waals surface area contributed by atoms with Crippen LogP contribution in [0.5, 0.6) is 0 Å². The van der Waals surface area contributed by atoms with E-state index in [1.807, 2.05) is 19.1 Å². The summed E-state index contributed by atoms with van der Waals surface area (Å²) in [7, 11) is 0. The van der Waals surface area contributed by atoms with Crippen LogP contribution < -0.4 is 10.6 Å². The normalized spacial score (nSPS) is 11.9. The molecule has 112 valence electrons. The lowest BCUT2D eigenvalue weighted by Crippen LogP contribution is -2.34. The Morgan fingerprint density at radius 2 is 2.29 bits per heavy atom. The Kier molecular flexibility index (Phi) is 5.75. The summed E-state index contributed by atoms with van der Waals surface area (Å²) >= 11 is 1.71. The first-order chi connectivity index (χ1) is 10.2. The summed E-state index contributed by atoms with van der Waals surface area (Å²) < 4.78 is 0. The van der Waals surface area contributed by atoms with Crippen LogP contribution in [0.15, 0.2) is 36.0 Å². The molecule has 2 aromatic rings. The maximum absolute atomic E-state index is 12.4. The van der Waals surface area contributed by atoms with Gasteiger partial charge in [0.25, 0.3) is 5.91 Å². The number of nitrogens with zero attached hydrogens (tertiary/aromatic N) is 1. The van der Waals surface area contributed by atoms with Crippen molar-refractivity contribution in [1.82, 2.24) is 10.3 Å². The third-order valence-corrected chi connectivity index (χ3v) is 3.99. The summed E-state index contributed by atoms with van der Waals surface area (Å²) in [6.45, 7) is 4.96. The van der Waals surface area contributed by atoms with E-state index in [9.17, 15) is 4.79 Å². The van der Waals surface area contributed by atoms with E-state index in [1.54, 1.807) is 23.7 Å². The number of anilines is 1. The first-order valence-corrected chi connectivity index (χ1v) is 8.09. The molecule has 1 atom stereocenters. The van der Waals surface area contributed by atoms with E-state index in [1.165, 1.54) is 4.88 Å². The number of nitrogens with one attached hydrogen (secondary N) is 2. The SMILES string of the molecule is CCCNc1ccncc1C(=O)NC(C)Cc1cccs1. The molecule has 5 heteroatoms. The van der Waals surface area contributed by atoms with Crippen LogP contribution in [0, 0.1) is 0 Å². The summed E-state index contributed by atoms with van der Waals surface area (Å²) in [6.07, 6.45) is 5.18. The van der Waals surface area contributed by atoms with Gasteiger partial charge in [0, 0.05) is 36.3 Å². The molecule has 0 saturated heterocycles. The van der Waals surface area contributed by atoms with Crippen molar-refractivity contribution in [1.29, 1.82) is 0 Å². The Labute approximate surface area is 129 Å². The topological polar surface area (TPSA) is 54.0 Å². The van der Waals surface area contributed by atoms with Gasteiger partial charge < -0.3 is 10.6 Å². The summed E-state index contributed by atoms with van der Waals surface area (Å²) in [5.41, 5.74) is 1.44. The van der Waals surface area contributed by atoms with Crippen molar-refractivity contribution in [2.45, 2.75) is 32.7 Å². The molecular weight excluding hydrogens is 282 g/mol. The van der Waals surface area contributed by atoms with Gasteiger partial charge in [0.1, 0.15) is 0 Å². The number of thiophene rings is 1. The lowest BCUT2D eigenvalue weighted by atomic mass is 10.1. The largest absolute Gasteiger partial charge is 0.384 e. The number of aromatic nitrogens is 1. The molecule has 0 bridgehead atoms. The molecule has 1 amide bonds. The first kappa shape index (κ1) is 15.5. The molecule has 0 saturated carbocycles. The zero-order valence-electron chi connectivity index (χ0n) is 12.4. The molecule has 1 unspecified atom stereocenters. The minimum absolute atomic E-state index is 0.0780. The highest BCUT2D eigenvalue weighted by molar-refractivity contribution is 7.09. The van der Waals surface area contributed by atoms with E-state index in [0.29, 0.717) is 5.56 Å². The monoisotopic (exact) mass is 303 g/mol. The first-order valence-electron chi connectivity index (χ1n) is 7.21. The fourth-order valence-corrected chi connectivity index (χ4v) is 2.91. The molecular formula is C16H21N3OS. The number of amides is 1. The Morgan fingerprint density at radius 1 is 1.43 bits per heavy atom. The highest BCUT2D eigenvalue weighted by Gasteiger charge is 2.14. The molecule has 4 nitrogen and oxygen atoms in total. The number of hydrogen-bond donors (Lipinski definition) is 2. The molecule has 0 fully saturated rings. The van der Waals surface area contributed by atoms with Crippen molar-refractivity contribution in [2.75, 3.05) is 11.9 Å². The fourth-order valence-electron chi connectivity index (χ4n) is 2.07. The lowest BCUT2D eigenvalue weighted by molar-refractivity contribution is 0.0940. The van der Waals surface area contributed by atoms with Crippen LogP contribution in [-0.4, -0.2) is 23.5 Å². The molecule has 2 aromatic heterocycles. The van der Waals surface area contributed by atoms with Crippen molar-refractivity contribution in [3.05, 3.63) is 46.4 Å². The van der Waals surface area contributed by atoms with E-state index in [2.05, 4.69) is 34.0 Å². The lowest BCUT2D eigenvalue weighted by Gasteiger charge is -2.15. The highest BCUT2D eigenvalue weighted by Crippen LogP contribution is 2.15. The maximum Gasteiger partial charge on any atom is 0.255 e. The highest BCUT2D eigenvalue weighted by atomic mass is 32.1. The smallest absolute Gasteiger partial charge is 0.255 e. The van der Waals surface area contributed by atoms with Crippen LogP contribution in [0.2, 0.25) is 0 Å². The number of carbonyl (C=O) groups is 1. The van der Waals surface area contributed by atoms with Crippen LogP contribution in [0.3, 0.4) is 0 Å². The van der Waals surface area contributed by atoms with Gasteiger partial charge in [-0.3, -0.25) is 9.78 Å². The number of hydrogen-bond acceptors (Lipinski definition) is 4. The van der Waals surface area contributed by atoms with Gasteiger partial charge in [-0.1, -0.05) is 13.0 Å². The van der Waals surface area contributed by atoms with Crippen LogP contribution >= 0.6 is 11.3 Å². The zero-order chi connectivity index (χ0) is 15.1. The van der Waals surface area contributed by atoms with E-state index in [4.69, 9.17) is 0 Å². The Balaban J connectivity index is 1.99. The number of carbonyl (C=O) groups excluding carboxylic acids is 1. The predicted octanol–water partition coefficient (Wildman–Crippen LogP) is 3.33. The third-order valence-electron chi connectivity index (χ3n) is 3.10. The molecule has 2 heterocycles. The zero-order valence-corrected chi connectivity index (χ0v) is 13.2. The molecule has 21 heavy (non-hydrogen) atoms. The molecule has 0 aromatic carbocycles. The number of pyridine rings is 1. The fraction of sp³-hybridized carbons (Fsp3) is 0.375. The van der Waals surface area contributed by atoms with Crippen LogP contribution in [0.25, 0.3) is 0 Å². The minimum Gasteiger partial charge on any atom is -0.384 e. The van der Waals surface area contributed by atoms with E-state index >= 15 is 0 Å². The molecule has 0 spiro atoms. The molecule has 0 aliphatic carbocycles.